The number of carbonyl (C=O) groups excluding carboxylic acids is 2. The second-order valence-corrected chi connectivity index (χ2v) is 9.35. The maximum absolute atomic E-state index is 13.1. The predicted molar refractivity (Wildman–Crippen MR) is 129 cm³/mol. The van der Waals surface area contributed by atoms with Crippen LogP contribution in [0.2, 0.25) is 0 Å². The minimum atomic E-state index is -3.97. The SMILES string of the molecule is O=C(C=Cc1ccc(N2CCCC2=O)cc1)Nc1ccccc1NS(=O)(=O)c1ccc(F)cc1. The number of hydrogen-bond donors (Lipinski definition) is 2. The number of carbonyl (C=O) groups is 2. The van der Waals surface area contributed by atoms with E-state index in [4.69, 9.17) is 0 Å². The average molecular weight is 480 g/mol. The number of benzene rings is 3. The molecule has 0 spiro atoms. The highest BCUT2D eigenvalue weighted by molar-refractivity contribution is 7.92. The van der Waals surface area contributed by atoms with E-state index in [1.54, 1.807) is 29.2 Å². The van der Waals surface area contributed by atoms with Crippen LogP contribution in [0.15, 0.2) is 83.8 Å². The van der Waals surface area contributed by atoms with E-state index in [0.29, 0.717) is 13.0 Å². The smallest absolute Gasteiger partial charge is 0.261 e. The maximum atomic E-state index is 13.1. The lowest BCUT2D eigenvalue weighted by atomic mass is 10.2. The van der Waals surface area contributed by atoms with Crippen LogP contribution in [0.4, 0.5) is 21.5 Å². The van der Waals surface area contributed by atoms with Crippen molar-refractivity contribution < 1.29 is 22.4 Å². The molecule has 4 rings (SSSR count). The Morgan fingerprint density at radius 1 is 0.941 bits per heavy atom. The Morgan fingerprint density at radius 2 is 1.62 bits per heavy atom. The first kappa shape index (κ1) is 23.2. The van der Waals surface area contributed by atoms with Gasteiger partial charge in [0.25, 0.3) is 10.0 Å². The molecule has 3 aromatic carbocycles. The molecule has 1 fully saturated rings. The normalized spacial score (nSPS) is 13.9. The summed E-state index contributed by atoms with van der Waals surface area (Å²) in [5, 5.41) is 2.66. The van der Waals surface area contributed by atoms with Gasteiger partial charge in [-0.3, -0.25) is 14.3 Å². The lowest BCUT2D eigenvalue weighted by molar-refractivity contribution is -0.117. The van der Waals surface area contributed by atoms with Gasteiger partial charge in [0.05, 0.1) is 16.3 Å². The first-order valence-electron chi connectivity index (χ1n) is 10.6. The molecule has 7 nitrogen and oxygen atoms in total. The quantitative estimate of drug-likeness (QED) is 0.491. The maximum Gasteiger partial charge on any atom is 0.261 e. The number of nitrogens with one attached hydrogen (secondary N) is 2. The lowest BCUT2D eigenvalue weighted by Gasteiger charge is -2.15. The molecule has 2 amide bonds. The lowest BCUT2D eigenvalue weighted by Crippen LogP contribution is -2.23. The fourth-order valence-electron chi connectivity index (χ4n) is 3.53. The van der Waals surface area contributed by atoms with Crippen molar-refractivity contribution in [2.75, 3.05) is 21.5 Å². The van der Waals surface area contributed by atoms with Crippen LogP contribution in [-0.4, -0.2) is 26.8 Å². The highest BCUT2D eigenvalue weighted by Gasteiger charge is 2.21. The topological polar surface area (TPSA) is 95.6 Å². The van der Waals surface area contributed by atoms with Crippen molar-refractivity contribution in [2.24, 2.45) is 0 Å². The third-order valence-corrected chi connectivity index (χ3v) is 6.64. The fraction of sp³-hybridized carbons (Fsp3) is 0.120. The Bertz CT molecular complexity index is 1340. The molecule has 0 unspecified atom stereocenters. The summed E-state index contributed by atoms with van der Waals surface area (Å²) in [6.45, 7) is 0.709. The predicted octanol–water partition coefficient (Wildman–Crippen LogP) is 4.41. The van der Waals surface area contributed by atoms with E-state index < -0.39 is 21.7 Å². The third kappa shape index (κ3) is 5.49. The first-order valence-corrected chi connectivity index (χ1v) is 12.1. The van der Waals surface area contributed by atoms with Gasteiger partial charge in [-0.15, -0.1) is 0 Å². The summed E-state index contributed by atoms with van der Waals surface area (Å²) in [7, 11) is -3.97. The summed E-state index contributed by atoms with van der Waals surface area (Å²) in [5.74, 6) is -0.888. The monoisotopic (exact) mass is 479 g/mol. The van der Waals surface area contributed by atoms with Gasteiger partial charge < -0.3 is 10.2 Å². The number of hydrogen-bond acceptors (Lipinski definition) is 4. The van der Waals surface area contributed by atoms with Crippen molar-refractivity contribution in [3.8, 4) is 0 Å². The van der Waals surface area contributed by atoms with Crippen LogP contribution in [0.1, 0.15) is 18.4 Å². The Balaban J connectivity index is 1.43. The molecule has 0 saturated carbocycles. The van der Waals surface area contributed by atoms with Gasteiger partial charge >= 0.3 is 0 Å². The molecule has 1 heterocycles. The largest absolute Gasteiger partial charge is 0.321 e. The van der Waals surface area contributed by atoms with Crippen molar-refractivity contribution in [1.29, 1.82) is 0 Å². The van der Waals surface area contributed by atoms with E-state index in [0.717, 1.165) is 41.9 Å². The molecule has 1 aliphatic rings. The number of halogens is 1. The molecule has 1 saturated heterocycles. The second-order valence-electron chi connectivity index (χ2n) is 7.67. The van der Waals surface area contributed by atoms with Gasteiger partial charge in [0.15, 0.2) is 0 Å². The summed E-state index contributed by atoms with van der Waals surface area (Å²) in [6, 6.07) is 18.1. The van der Waals surface area contributed by atoms with E-state index >= 15 is 0 Å². The van der Waals surface area contributed by atoms with Crippen LogP contribution < -0.4 is 14.9 Å². The standard InChI is InChI=1S/C25H22FN3O4S/c26-19-10-14-21(15-11-19)34(32,33)28-23-5-2-1-4-22(23)27-24(30)16-9-18-7-12-20(13-8-18)29-17-3-6-25(29)31/h1-2,4-5,7-16,28H,3,6,17H2,(H,27,30). The minimum Gasteiger partial charge on any atom is -0.321 e. The number of anilines is 3. The molecule has 0 aromatic heterocycles. The minimum absolute atomic E-state index is 0.103. The van der Waals surface area contributed by atoms with Crippen LogP contribution in [0.25, 0.3) is 6.08 Å². The van der Waals surface area contributed by atoms with Crippen molar-refractivity contribution in [3.63, 3.8) is 0 Å². The van der Waals surface area contributed by atoms with Crippen molar-refractivity contribution in [2.45, 2.75) is 17.7 Å². The molecule has 3 aromatic rings. The van der Waals surface area contributed by atoms with E-state index in [1.807, 2.05) is 24.3 Å². The molecule has 9 heteroatoms. The van der Waals surface area contributed by atoms with Gasteiger partial charge in [-0.1, -0.05) is 24.3 Å². The number of rotatable bonds is 7. The molecule has 1 aliphatic heterocycles. The number of amides is 2. The van der Waals surface area contributed by atoms with Gasteiger partial charge in [0.1, 0.15) is 5.82 Å². The molecular weight excluding hydrogens is 457 g/mol. The molecule has 2 N–H and O–H groups in total. The summed E-state index contributed by atoms with van der Waals surface area (Å²) in [6.07, 6.45) is 4.36. The Morgan fingerprint density at radius 3 is 2.26 bits per heavy atom. The summed E-state index contributed by atoms with van der Waals surface area (Å²) in [4.78, 5) is 26.0. The summed E-state index contributed by atoms with van der Waals surface area (Å²) >= 11 is 0. The average Bonchev–Trinajstić information content (AvgIpc) is 3.25. The van der Waals surface area contributed by atoms with Crippen LogP contribution >= 0.6 is 0 Å². The molecular formula is C25H22FN3O4S. The van der Waals surface area contributed by atoms with Crippen molar-refractivity contribution in [3.05, 3.63) is 90.3 Å². The van der Waals surface area contributed by atoms with Gasteiger partial charge in [-0.2, -0.15) is 0 Å². The molecule has 0 radical (unpaired) electrons. The van der Waals surface area contributed by atoms with Gasteiger partial charge in [-0.05, 0) is 66.6 Å². The van der Waals surface area contributed by atoms with Gasteiger partial charge in [0, 0.05) is 24.7 Å². The molecule has 0 aliphatic carbocycles. The molecule has 34 heavy (non-hydrogen) atoms. The number of sulfonamides is 1. The number of nitrogens with zero attached hydrogens (tertiary/aromatic N) is 1. The summed E-state index contributed by atoms with van der Waals surface area (Å²) in [5.41, 5.74) is 2.04. The Kier molecular flexibility index (Phi) is 6.74. The summed E-state index contributed by atoms with van der Waals surface area (Å²) < 4.78 is 40.8. The molecule has 0 atom stereocenters. The molecule has 174 valence electrons. The van der Waals surface area contributed by atoms with Crippen LogP contribution in [0.5, 0.6) is 0 Å². The van der Waals surface area contributed by atoms with Crippen LogP contribution in [0, 0.1) is 5.82 Å². The zero-order valence-corrected chi connectivity index (χ0v) is 18.9. The molecule has 0 bridgehead atoms. The highest BCUT2D eigenvalue weighted by atomic mass is 32.2. The Labute approximate surface area is 197 Å². The van der Waals surface area contributed by atoms with Gasteiger partial charge in [-0.25, -0.2) is 12.8 Å². The third-order valence-electron chi connectivity index (χ3n) is 5.26. The van der Waals surface area contributed by atoms with E-state index in [-0.39, 0.29) is 22.2 Å². The Hall–Kier alpha value is -3.98. The first-order chi connectivity index (χ1) is 16.3. The van der Waals surface area contributed by atoms with E-state index in [1.165, 1.54) is 12.1 Å². The van der Waals surface area contributed by atoms with Gasteiger partial charge in [0.2, 0.25) is 11.8 Å². The van der Waals surface area contributed by atoms with E-state index in [2.05, 4.69) is 10.0 Å². The van der Waals surface area contributed by atoms with Crippen LogP contribution in [-0.2, 0) is 19.6 Å². The van der Waals surface area contributed by atoms with Crippen LogP contribution in [0.3, 0.4) is 0 Å². The number of para-hydroxylation sites is 2. The van der Waals surface area contributed by atoms with Crippen molar-refractivity contribution in [1.82, 2.24) is 0 Å². The second kappa shape index (κ2) is 9.88. The fourth-order valence-corrected chi connectivity index (χ4v) is 4.61. The highest BCUT2D eigenvalue weighted by Crippen LogP contribution is 2.25. The van der Waals surface area contributed by atoms with E-state index in [9.17, 15) is 22.4 Å². The zero-order chi connectivity index (χ0) is 24.1. The zero-order valence-electron chi connectivity index (χ0n) is 18.1. The van der Waals surface area contributed by atoms with Crippen molar-refractivity contribution >= 4 is 45.0 Å².